The Bertz CT molecular complexity index is 995. The van der Waals surface area contributed by atoms with Gasteiger partial charge in [-0.05, 0) is 41.5 Å². The number of ether oxygens (including phenoxy) is 4. The number of nitrogens with zero attached hydrogens (tertiary/aromatic N) is 1. The largest absolute Gasteiger partial charge is 0.497 e. The van der Waals surface area contributed by atoms with Gasteiger partial charge in [0, 0.05) is 0 Å². The summed E-state index contributed by atoms with van der Waals surface area (Å²) in [4.78, 5) is 3.44. The predicted molar refractivity (Wildman–Crippen MR) is 112 cm³/mol. The Morgan fingerprint density at radius 1 is 0.759 bits per heavy atom. The molecular formula is C23H20ClNO4. The number of hydrogen-bond acceptors (Lipinski definition) is 4. The second kappa shape index (κ2) is 9.72. The molecular weight excluding hydrogens is 390 g/mol. The Labute approximate surface area is 175 Å². The second-order valence-electron chi connectivity index (χ2n) is 6.11. The summed E-state index contributed by atoms with van der Waals surface area (Å²) in [5.74, 6) is 2.38. The molecule has 148 valence electrons. The normalized spacial score (nSPS) is 10.1. The van der Waals surface area contributed by atoms with Crippen molar-refractivity contribution in [2.45, 2.75) is 13.2 Å². The van der Waals surface area contributed by atoms with Crippen LogP contribution in [0.2, 0.25) is 5.02 Å². The minimum atomic E-state index is 0.237. The van der Waals surface area contributed by atoms with Gasteiger partial charge in [-0.25, -0.2) is 4.85 Å². The fourth-order valence-corrected chi connectivity index (χ4v) is 2.88. The SMILES string of the molecule is [C-]#[N+]c1ccc(OCc2ccc(OC)cc2)c(OCc2ccc(OC)cc2)c1Cl. The van der Waals surface area contributed by atoms with Crippen molar-refractivity contribution >= 4 is 17.3 Å². The van der Waals surface area contributed by atoms with Gasteiger partial charge in [-0.15, -0.1) is 0 Å². The monoisotopic (exact) mass is 409 g/mol. The molecule has 0 aromatic heterocycles. The first-order valence-corrected chi connectivity index (χ1v) is 9.24. The van der Waals surface area contributed by atoms with E-state index in [1.807, 2.05) is 48.5 Å². The average Bonchev–Trinajstić information content (AvgIpc) is 2.77. The van der Waals surface area contributed by atoms with Crippen LogP contribution in [0.1, 0.15) is 11.1 Å². The standard InChI is InChI=1S/C23H20ClNO4/c1-25-20-12-13-21(28-14-16-4-8-18(26-2)9-5-16)23(22(20)24)29-15-17-6-10-19(27-3)11-7-17/h4-13H,14-15H2,2-3H3. The highest BCUT2D eigenvalue weighted by Crippen LogP contribution is 2.42. The first-order chi connectivity index (χ1) is 14.1. The fourth-order valence-electron chi connectivity index (χ4n) is 2.62. The molecule has 0 bridgehead atoms. The van der Waals surface area contributed by atoms with Crippen LogP contribution in [-0.2, 0) is 13.2 Å². The lowest BCUT2D eigenvalue weighted by Crippen LogP contribution is -2.01. The molecule has 0 radical (unpaired) electrons. The van der Waals surface area contributed by atoms with Crippen LogP contribution in [0.5, 0.6) is 23.0 Å². The molecule has 0 aliphatic rings. The Morgan fingerprint density at radius 3 is 1.76 bits per heavy atom. The van der Waals surface area contributed by atoms with Crippen LogP contribution in [0.3, 0.4) is 0 Å². The maximum atomic E-state index is 7.29. The maximum absolute atomic E-state index is 7.29. The lowest BCUT2D eigenvalue weighted by atomic mass is 10.2. The van der Waals surface area contributed by atoms with Gasteiger partial charge in [0.15, 0.2) is 11.5 Å². The highest BCUT2D eigenvalue weighted by Gasteiger charge is 2.15. The molecule has 0 aliphatic carbocycles. The molecule has 0 atom stereocenters. The molecule has 0 aliphatic heterocycles. The topological polar surface area (TPSA) is 41.3 Å². The zero-order chi connectivity index (χ0) is 20.6. The maximum Gasteiger partial charge on any atom is 0.209 e. The van der Waals surface area contributed by atoms with E-state index in [2.05, 4.69) is 4.85 Å². The summed E-state index contributed by atoms with van der Waals surface area (Å²) in [7, 11) is 3.24. The van der Waals surface area contributed by atoms with Gasteiger partial charge in [-0.3, -0.25) is 0 Å². The van der Waals surface area contributed by atoms with Crippen molar-refractivity contribution in [3.63, 3.8) is 0 Å². The van der Waals surface area contributed by atoms with E-state index < -0.39 is 0 Å². The highest BCUT2D eigenvalue weighted by atomic mass is 35.5. The zero-order valence-electron chi connectivity index (χ0n) is 16.1. The van der Waals surface area contributed by atoms with Crippen molar-refractivity contribution in [3.05, 3.63) is 88.2 Å². The van der Waals surface area contributed by atoms with Crippen LogP contribution in [-0.4, -0.2) is 14.2 Å². The van der Waals surface area contributed by atoms with Gasteiger partial charge in [0.1, 0.15) is 24.7 Å². The van der Waals surface area contributed by atoms with Gasteiger partial charge in [-0.2, -0.15) is 0 Å². The average molecular weight is 410 g/mol. The molecule has 0 amide bonds. The minimum Gasteiger partial charge on any atom is -0.497 e. The number of rotatable bonds is 8. The van der Waals surface area contributed by atoms with E-state index >= 15 is 0 Å². The van der Waals surface area contributed by atoms with Crippen molar-refractivity contribution < 1.29 is 18.9 Å². The molecule has 29 heavy (non-hydrogen) atoms. The predicted octanol–water partition coefficient (Wildman–Crippen LogP) is 6.07. The lowest BCUT2D eigenvalue weighted by Gasteiger charge is -2.15. The summed E-state index contributed by atoms with van der Waals surface area (Å²) >= 11 is 6.39. The van der Waals surface area contributed by atoms with E-state index in [0.29, 0.717) is 23.8 Å². The molecule has 0 saturated carbocycles. The third kappa shape index (κ3) is 5.13. The van der Waals surface area contributed by atoms with Gasteiger partial charge in [0.05, 0.1) is 25.8 Å². The Kier molecular flexibility index (Phi) is 6.83. The Hall–Kier alpha value is -3.36. The molecule has 0 unspecified atom stereocenters. The van der Waals surface area contributed by atoms with Gasteiger partial charge in [0.2, 0.25) is 5.69 Å². The van der Waals surface area contributed by atoms with Crippen LogP contribution in [0.25, 0.3) is 4.85 Å². The number of hydrogen-bond donors (Lipinski definition) is 0. The van der Waals surface area contributed by atoms with Crippen molar-refractivity contribution in [1.29, 1.82) is 0 Å². The third-order valence-electron chi connectivity index (χ3n) is 4.26. The molecule has 0 heterocycles. The van der Waals surface area contributed by atoms with E-state index in [9.17, 15) is 0 Å². The summed E-state index contributed by atoms with van der Waals surface area (Å²) in [6, 6.07) is 18.4. The van der Waals surface area contributed by atoms with Crippen LogP contribution >= 0.6 is 11.6 Å². The third-order valence-corrected chi connectivity index (χ3v) is 4.62. The molecule has 3 aromatic rings. The van der Waals surface area contributed by atoms with Gasteiger partial charge < -0.3 is 18.9 Å². The number of halogens is 1. The van der Waals surface area contributed by atoms with E-state index in [4.69, 9.17) is 37.1 Å². The summed E-state index contributed by atoms with van der Waals surface area (Å²) < 4.78 is 22.2. The molecule has 0 saturated heterocycles. The van der Waals surface area contributed by atoms with Crippen molar-refractivity contribution in [3.8, 4) is 23.0 Å². The number of benzene rings is 3. The first-order valence-electron chi connectivity index (χ1n) is 8.86. The van der Waals surface area contributed by atoms with Crippen molar-refractivity contribution in [2.24, 2.45) is 0 Å². The molecule has 5 nitrogen and oxygen atoms in total. The molecule has 6 heteroatoms. The van der Waals surface area contributed by atoms with E-state index in [0.717, 1.165) is 22.6 Å². The van der Waals surface area contributed by atoms with Crippen LogP contribution in [0.15, 0.2) is 60.7 Å². The molecule has 0 spiro atoms. The van der Waals surface area contributed by atoms with E-state index in [1.165, 1.54) is 0 Å². The Morgan fingerprint density at radius 2 is 1.28 bits per heavy atom. The molecule has 0 fully saturated rings. The summed E-state index contributed by atoms with van der Waals surface area (Å²) in [5, 5.41) is 0.237. The second-order valence-corrected chi connectivity index (χ2v) is 6.49. The summed E-state index contributed by atoms with van der Waals surface area (Å²) in [6.45, 7) is 7.90. The fraction of sp³-hybridized carbons (Fsp3) is 0.174. The molecule has 3 rings (SSSR count). The minimum absolute atomic E-state index is 0.237. The van der Waals surface area contributed by atoms with Gasteiger partial charge >= 0.3 is 0 Å². The van der Waals surface area contributed by atoms with Gasteiger partial charge in [0.25, 0.3) is 0 Å². The number of methoxy groups -OCH3 is 2. The highest BCUT2D eigenvalue weighted by molar-refractivity contribution is 6.35. The van der Waals surface area contributed by atoms with Gasteiger partial charge in [-0.1, -0.05) is 41.9 Å². The quantitative estimate of drug-likeness (QED) is 0.423. The Balaban J connectivity index is 1.77. The summed E-state index contributed by atoms with van der Waals surface area (Å²) in [5.41, 5.74) is 2.22. The van der Waals surface area contributed by atoms with E-state index in [1.54, 1.807) is 26.4 Å². The molecule has 3 aromatic carbocycles. The summed E-state index contributed by atoms with van der Waals surface area (Å²) in [6.07, 6.45) is 0. The molecule has 0 N–H and O–H groups in total. The smallest absolute Gasteiger partial charge is 0.209 e. The van der Waals surface area contributed by atoms with Crippen molar-refractivity contribution in [2.75, 3.05) is 14.2 Å². The zero-order valence-corrected chi connectivity index (χ0v) is 16.9. The van der Waals surface area contributed by atoms with E-state index in [-0.39, 0.29) is 11.6 Å². The van der Waals surface area contributed by atoms with Crippen LogP contribution in [0.4, 0.5) is 5.69 Å². The van der Waals surface area contributed by atoms with Crippen LogP contribution < -0.4 is 18.9 Å². The van der Waals surface area contributed by atoms with Crippen molar-refractivity contribution in [1.82, 2.24) is 0 Å². The first kappa shape index (κ1) is 20.4. The lowest BCUT2D eigenvalue weighted by molar-refractivity contribution is 0.256. The van der Waals surface area contributed by atoms with Crippen LogP contribution in [0, 0.1) is 6.57 Å².